The first-order chi connectivity index (χ1) is 14.8. The van der Waals surface area contributed by atoms with Crippen molar-refractivity contribution in [1.82, 2.24) is 15.6 Å². The number of halogens is 1. The highest BCUT2D eigenvalue weighted by molar-refractivity contribution is 8.03. The average Bonchev–Trinajstić information content (AvgIpc) is 2.72. The number of hydrogen-bond donors (Lipinski definition) is 2. The summed E-state index contributed by atoms with van der Waals surface area (Å²) in [5, 5.41) is 5.97. The number of amides is 1. The Hall–Kier alpha value is -2.67. The van der Waals surface area contributed by atoms with E-state index < -0.39 is 11.7 Å². The summed E-state index contributed by atoms with van der Waals surface area (Å²) in [7, 11) is 1.63. The topological polar surface area (TPSA) is 66.4 Å². The molecule has 1 aromatic rings. The maximum Gasteiger partial charge on any atom is 0.292 e. The summed E-state index contributed by atoms with van der Waals surface area (Å²) in [6.07, 6.45) is 8.94. The van der Waals surface area contributed by atoms with Gasteiger partial charge in [0.05, 0.1) is 24.2 Å². The molecular weight excluding hydrogens is 411 g/mol. The predicted octanol–water partition coefficient (Wildman–Crippen LogP) is 5.13. The first kappa shape index (κ1) is 26.4. The van der Waals surface area contributed by atoms with Crippen LogP contribution >= 0.6 is 11.8 Å². The second-order valence-electron chi connectivity index (χ2n) is 7.09. The maximum atomic E-state index is 14.0. The zero-order chi connectivity index (χ0) is 23.2. The number of carbonyl (C=O) groups excluding carboxylic acids is 1. The van der Waals surface area contributed by atoms with Crippen molar-refractivity contribution in [1.29, 1.82) is 0 Å². The number of rotatable bonds is 13. The van der Waals surface area contributed by atoms with Crippen molar-refractivity contribution in [3.8, 4) is 0 Å². The molecule has 0 bridgehead atoms. The van der Waals surface area contributed by atoms with Gasteiger partial charge >= 0.3 is 0 Å². The van der Waals surface area contributed by atoms with Gasteiger partial charge in [-0.2, -0.15) is 0 Å². The summed E-state index contributed by atoms with van der Waals surface area (Å²) in [6, 6.07) is 2.92. The van der Waals surface area contributed by atoms with Crippen LogP contribution in [0.5, 0.6) is 0 Å². The number of nitrogens with one attached hydrogen (secondary N) is 2. The van der Waals surface area contributed by atoms with E-state index in [0.29, 0.717) is 23.9 Å². The summed E-state index contributed by atoms with van der Waals surface area (Å²) in [5.74, 6) is 0.381. The fraction of sp³-hybridized carbons (Fsp3) is 0.375. The van der Waals surface area contributed by atoms with Gasteiger partial charge in [0, 0.05) is 18.5 Å². The second kappa shape index (κ2) is 14.4. The zero-order valence-corrected chi connectivity index (χ0v) is 19.7. The largest absolute Gasteiger partial charge is 0.384 e. The Balaban J connectivity index is 2.57. The smallest absolute Gasteiger partial charge is 0.292 e. The summed E-state index contributed by atoms with van der Waals surface area (Å²) in [5.41, 5.74) is 1.88. The third-order valence-electron chi connectivity index (χ3n) is 4.21. The molecule has 7 heteroatoms. The van der Waals surface area contributed by atoms with Crippen LogP contribution in [0.3, 0.4) is 0 Å². The number of likely N-dealkylation sites (N-methyl/N-ethyl adjacent to an activating group) is 1. The molecule has 0 aromatic carbocycles. The number of nitrogens with zero attached hydrogens (tertiary/aromatic N) is 2. The molecule has 2 N–H and O–H groups in total. The number of aliphatic imine (C=N–C) groups is 1. The Bertz CT molecular complexity index is 861. The lowest BCUT2D eigenvalue weighted by Crippen LogP contribution is -2.16. The molecule has 0 aliphatic heterocycles. The molecule has 0 spiro atoms. The van der Waals surface area contributed by atoms with Crippen molar-refractivity contribution >= 4 is 23.9 Å². The Morgan fingerprint density at radius 2 is 2.13 bits per heavy atom. The van der Waals surface area contributed by atoms with Crippen LogP contribution in [0, 0.1) is 11.7 Å². The Labute approximate surface area is 189 Å². The molecule has 1 aromatic heterocycles. The molecule has 5 nitrogen and oxygen atoms in total. The van der Waals surface area contributed by atoms with Gasteiger partial charge in [-0.05, 0) is 49.6 Å². The highest BCUT2D eigenvalue weighted by Crippen LogP contribution is 2.15. The Kier molecular flexibility index (Phi) is 12.2. The molecule has 0 saturated heterocycles. The lowest BCUT2D eigenvalue weighted by atomic mass is 10.1. The van der Waals surface area contributed by atoms with Crippen molar-refractivity contribution in [3.63, 3.8) is 0 Å². The second-order valence-corrected chi connectivity index (χ2v) is 8.49. The average molecular weight is 445 g/mol. The SMILES string of the molecule is C=C(CC(C)/C=C/CCSC(=C)C)NCc1ccc(F)c(/C=N/C(=O)/C(=C/C)NC)n1. The molecule has 1 atom stereocenters. The first-order valence-corrected chi connectivity index (χ1v) is 11.2. The standard InChI is InChI=1S/C24H33FN4OS/c1-7-22(26-6)24(30)28-16-23-21(25)12-11-20(29-23)15-27-19(5)14-18(4)10-8-9-13-31-17(2)3/h7-8,10-12,16,18,26-27H,2,5,9,13-15H2,1,3-4,6H3/b10-8+,22-7-,28-16+. The molecule has 31 heavy (non-hydrogen) atoms. The Morgan fingerprint density at radius 3 is 2.77 bits per heavy atom. The Morgan fingerprint density at radius 1 is 1.39 bits per heavy atom. The zero-order valence-electron chi connectivity index (χ0n) is 18.9. The molecule has 0 aliphatic carbocycles. The van der Waals surface area contributed by atoms with Gasteiger partial charge in [0.25, 0.3) is 5.91 Å². The summed E-state index contributed by atoms with van der Waals surface area (Å²) in [6.45, 7) is 14.2. The van der Waals surface area contributed by atoms with Gasteiger partial charge in [-0.15, -0.1) is 11.8 Å². The van der Waals surface area contributed by atoms with Gasteiger partial charge in [0.15, 0.2) is 0 Å². The number of carbonyl (C=O) groups is 1. The fourth-order valence-electron chi connectivity index (χ4n) is 2.63. The van der Waals surface area contributed by atoms with Gasteiger partial charge in [-0.1, -0.05) is 38.3 Å². The van der Waals surface area contributed by atoms with Gasteiger partial charge < -0.3 is 10.6 Å². The third kappa shape index (κ3) is 10.8. The van der Waals surface area contributed by atoms with Crippen LogP contribution in [0.15, 0.2) is 64.8 Å². The van der Waals surface area contributed by atoms with E-state index in [2.05, 4.69) is 52.8 Å². The highest BCUT2D eigenvalue weighted by atomic mass is 32.2. The van der Waals surface area contributed by atoms with E-state index in [0.717, 1.165) is 35.4 Å². The normalized spacial score (nSPS) is 12.9. The lowest BCUT2D eigenvalue weighted by Gasteiger charge is -2.12. The van der Waals surface area contributed by atoms with Crippen LogP contribution in [-0.4, -0.2) is 29.9 Å². The van der Waals surface area contributed by atoms with Gasteiger partial charge in [0.1, 0.15) is 11.5 Å². The number of hydrogen-bond acceptors (Lipinski definition) is 5. The minimum atomic E-state index is -0.533. The molecule has 0 fully saturated rings. The molecule has 1 heterocycles. The molecule has 1 unspecified atom stereocenters. The van der Waals surface area contributed by atoms with Crippen LogP contribution in [0.4, 0.5) is 4.39 Å². The van der Waals surface area contributed by atoms with Crippen LogP contribution in [0.25, 0.3) is 0 Å². The van der Waals surface area contributed by atoms with Gasteiger partial charge in [-0.3, -0.25) is 4.79 Å². The summed E-state index contributed by atoms with van der Waals surface area (Å²) >= 11 is 1.77. The van der Waals surface area contributed by atoms with E-state index in [-0.39, 0.29) is 5.69 Å². The van der Waals surface area contributed by atoms with E-state index in [1.807, 2.05) is 6.92 Å². The van der Waals surface area contributed by atoms with E-state index in [1.165, 1.54) is 6.07 Å². The first-order valence-electron chi connectivity index (χ1n) is 10.2. The predicted molar refractivity (Wildman–Crippen MR) is 130 cm³/mol. The molecule has 1 rings (SSSR count). The van der Waals surface area contributed by atoms with E-state index >= 15 is 0 Å². The minimum Gasteiger partial charge on any atom is -0.384 e. The van der Waals surface area contributed by atoms with Crippen molar-refractivity contribution in [2.75, 3.05) is 12.8 Å². The molecule has 0 radical (unpaired) electrons. The van der Waals surface area contributed by atoms with Gasteiger partial charge in [-0.25, -0.2) is 14.4 Å². The third-order valence-corrected chi connectivity index (χ3v) is 5.14. The number of pyridine rings is 1. The van der Waals surface area contributed by atoms with Crippen molar-refractivity contribution < 1.29 is 9.18 Å². The molecule has 168 valence electrons. The van der Waals surface area contributed by atoms with Crippen molar-refractivity contribution in [3.05, 3.63) is 77.0 Å². The van der Waals surface area contributed by atoms with Crippen LogP contribution < -0.4 is 10.6 Å². The monoisotopic (exact) mass is 444 g/mol. The fourth-order valence-corrected chi connectivity index (χ4v) is 3.23. The van der Waals surface area contributed by atoms with Crippen LogP contribution in [0.1, 0.15) is 45.0 Å². The quantitative estimate of drug-likeness (QED) is 0.191. The highest BCUT2D eigenvalue weighted by Gasteiger charge is 2.08. The van der Waals surface area contributed by atoms with E-state index in [1.54, 1.807) is 37.9 Å². The number of aromatic nitrogens is 1. The maximum absolute atomic E-state index is 14.0. The molecule has 0 aliphatic rings. The number of allylic oxidation sites excluding steroid dienone is 5. The van der Waals surface area contributed by atoms with Crippen LogP contribution in [-0.2, 0) is 11.3 Å². The minimum absolute atomic E-state index is 0.0220. The summed E-state index contributed by atoms with van der Waals surface area (Å²) < 4.78 is 14.0. The molecule has 0 saturated carbocycles. The number of thioether (sulfide) groups is 1. The lowest BCUT2D eigenvalue weighted by molar-refractivity contribution is -0.114. The van der Waals surface area contributed by atoms with E-state index in [9.17, 15) is 9.18 Å². The molecular formula is C24H33FN4OS. The van der Waals surface area contributed by atoms with Gasteiger partial charge in [0.2, 0.25) is 0 Å². The van der Waals surface area contributed by atoms with Crippen molar-refractivity contribution in [2.45, 2.75) is 40.2 Å². The van der Waals surface area contributed by atoms with E-state index in [4.69, 9.17) is 0 Å². The van der Waals surface area contributed by atoms with Crippen LogP contribution in [0.2, 0.25) is 0 Å². The summed E-state index contributed by atoms with van der Waals surface area (Å²) in [4.78, 5) is 21.1. The molecule has 1 amide bonds. The van der Waals surface area contributed by atoms with Crippen molar-refractivity contribution in [2.24, 2.45) is 10.9 Å².